The third kappa shape index (κ3) is 14.2. The molecular formula is C26H43NO3. The first-order valence-corrected chi connectivity index (χ1v) is 12.1. The van der Waals surface area contributed by atoms with Gasteiger partial charge in [0.2, 0.25) is 5.91 Å². The number of carbonyl (C=O) groups excluding carboxylic acids is 2. The van der Waals surface area contributed by atoms with Crippen LogP contribution in [0.1, 0.15) is 109 Å². The average molecular weight is 418 g/mol. The number of benzene rings is 1. The van der Waals surface area contributed by atoms with Crippen molar-refractivity contribution < 1.29 is 14.3 Å². The molecule has 0 aromatic heterocycles. The number of carbonyl (C=O) groups is 2. The fraction of sp³-hybridized carbons (Fsp3) is 0.692. The molecule has 0 spiro atoms. The first-order chi connectivity index (χ1) is 14.6. The van der Waals surface area contributed by atoms with E-state index in [-0.39, 0.29) is 17.8 Å². The summed E-state index contributed by atoms with van der Waals surface area (Å²) in [6, 6.07) is 10.1. The number of esters is 1. The molecule has 30 heavy (non-hydrogen) atoms. The van der Waals surface area contributed by atoms with E-state index in [0.29, 0.717) is 32.4 Å². The Morgan fingerprint density at radius 1 is 0.833 bits per heavy atom. The predicted octanol–water partition coefficient (Wildman–Crippen LogP) is 6.54. The van der Waals surface area contributed by atoms with Crippen molar-refractivity contribution in [3.8, 4) is 0 Å². The number of ether oxygens (including phenoxy) is 1. The summed E-state index contributed by atoms with van der Waals surface area (Å²) in [5, 5.41) is 2.95. The van der Waals surface area contributed by atoms with Gasteiger partial charge in [-0.25, -0.2) is 0 Å². The van der Waals surface area contributed by atoms with Crippen LogP contribution in [0.25, 0.3) is 0 Å². The number of unbranched alkanes of at least 4 members (excludes halogenated alkanes) is 9. The van der Waals surface area contributed by atoms with Crippen LogP contribution in [0.15, 0.2) is 30.3 Å². The van der Waals surface area contributed by atoms with E-state index in [4.69, 9.17) is 4.74 Å². The number of rotatable bonds is 18. The zero-order chi connectivity index (χ0) is 21.9. The second kappa shape index (κ2) is 18.0. The molecule has 0 saturated heterocycles. The van der Waals surface area contributed by atoms with E-state index in [1.807, 2.05) is 18.2 Å². The second-order valence-corrected chi connectivity index (χ2v) is 8.37. The Morgan fingerprint density at radius 3 is 2.07 bits per heavy atom. The van der Waals surface area contributed by atoms with Gasteiger partial charge in [0.15, 0.2) is 0 Å². The lowest BCUT2D eigenvalue weighted by molar-refractivity contribution is -0.143. The van der Waals surface area contributed by atoms with Gasteiger partial charge in [0, 0.05) is 19.4 Å². The summed E-state index contributed by atoms with van der Waals surface area (Å²) in [7, 11) is 0. The Morgan fingerprint density at radius 2 is 1.43 bits per heavy atom. The Hall–Kier alpha value is -1.84. The molecule has 4 heteroatoms. The van der Waals surface area contributed by atoms with E-state index in [9.17, 15) is 9.59 Å². The third-order valence-corrected chi connectivity index (χ3v) is 5.52. The minimum Gasteiger partial charge on any atom is -0.466 e. The lowest BCUT2D eigenvalue weighted by atomic mass is 10.0. The van der Waals surface area contributed by atoms with Crippen molar-refractivity contribution in [3.05, 3.63) is 35.9 Å². The Kier molecular flexibility index (Phi) is 15.7. The minimum atomic E-state index is -0.184. The molecule has 0 radical (unpaired) electrons. The second-order valence-electron chi connectivity index (χ2n) is 8.37. The van der Waals surface area contributed by atoms with E-state index in [1.165, 1.54) is 56.9 Å². The first kappa shape index (κ1) is 26.2. The predicted molar refractivity (Wildman–Crippen MR) is 125 cm³/mol. The molecule has 170 valence electrons. The van der Waals surface area contributed by atoms with E-state index >= 15 is 0 Å². The molecule has 1 atom stereocenters. The van der Waals surface area contributed by atoms with E-state index in [2.05, 4.69) is 31.3 Å². The maximum atomic E-state index is 12.0. The zero-order valence-corrected chi connectivity index (χ0v) is 19.3. The molecule has 0 bridgehead atoms. The molecule has 0 aliphatic heterocycles. The summed E-state index contributed by atoms with van der Waals surface area (Å²) in [6.07, 6.45) is 13.9. The maximum absolute atomic E-state index is 12.0. The van der Waals surface area contributed by atoms with Crippen LogP contribution in [0.2, 0.25) is 0 Å². The maximum Gasteiger partial charge on any atom is 0.305 e. The molecule has 1 aromatic rings. The van der Waals surface area contributed by atoms with Crippen LogP contribution in [0.4, 0.5) is 0 Å². The molecular weight excluding hydrogens is 374 g/mol. The van der Waals surface area contributed by atoms with Crippen LogP contribution in [-0.4, -0.2) is 25.0 Å². The van der Waals surface area contributed by atoms with Gasteiger partial charge in [0.25, 0.3) is 0 Å². The topological polar surface area (TPSA) is 55.4 Å². The SMILES string of the molecule is CCCCCCCCCCCCOC(=O)CCCC(=O)NCC(C)c1ccccc1. The molecule has 4 nitrogen and oxygen atoms in total. The average Bonchev–Trinajstić information content (AvgIpc) is 2.76. The number of hydrogen-bond acceptors (Lipinski definition) is 3. The molecule has 0 saturated carbocycles. The van der Waals surface area contributed by atoms with Crippen molar-refractivity contribution in [1.29, 1.82) is 0 Å². The lowest BCUT2D eigenvalue weighted by Crippen LogP contribution is -2.27. The summed E-state index contributed by atoms with van der Waals surface area (Å²) >= 11 is 0. The summed E-state index contributed by atoms with van der Waals surface area (Å²) < 4.78 is 5.28. The highest BCUT2D eigenvalue weighted by atomic mass is 16.5. The molecule has 1 unspecified atom stereocenters. The van der Waals surface area contributed by atoms with Gasteiger partial charge in [0.05, 0.1) is 6.61 Å². The van der Waals surface area contributed by atoms with Gasteiger partial charge in [-0.2, -0.15) is 0 Å². The fourth-order valence-electron chi connectivity index (χ4n) is 3.50. The van der Waals surface area contributed by atoms with Crippen LogP contribution in [0.5, 0.6) is 0 Å². The molecule has 0 aliphatic carbocycles. The van der Waals surface area contributed by atoms with Crippen LogP contribution in [-0.2, 0) is 14.3 Å². The van der Waals surface area contributed by atoms with Crippen LogP contribution >= 0.6 is 0 Å². The molecule has 0 heterocycles. The number of hydrogen-bond donors (Lipinski definition) is 1. The summed E-state index contributed by atoms with van der Waals surface area (Å²) in [4.78, 5) is 23.7. The Labute approximate surface area is 184 Å². The Bertz CT molecular complexity index is 559. The largest absolute Gasteiger partial charge is 0.466 e. The summed E-state index contributed by atoms with van der Waals surface area (Å²) in [5.74, 6) is 0.0952. The monoisotopic (exact) mass is 417 g/mol. The zero-order valence-electron chi connectivity index (χ0n) is 19.3. The highest BCUT2D eigenvalue weighted by molar-refractivity contribution is 5.77. The van der Waals surface area contributed by atoms with Gasteiger partial charge < -0.3 is 10.1 Å². The van der Waals surface area contributed by atoms with Crippen molar-refractivity contribution in [2.45, 2.75) is 103 Å². The molecule has 1 rings (SSSR count). The van der Waals surface area contributed by atoms with Gasteiger partial charge >= 0.3 is 5.97 Å². The van der Waals surface area contributed by atoms with Gasteiger partial charge in [0.1, 0.15) is 0 Å². The van der Waals surface area contributed by atoms with Crippen molar-refractivity contribution in [1.82, 2.24) is 5.32 Å². The van der Waals surface area contributed by atoms with Gasteiger partial charge in [-0.3, -0.25) is 9.59 Å². The normalized spacial score (nSPS) is 11.8. The van der Waals surface area contributed by atoms with Crippen molar-refractivity contribution in [3.63, 3.8) is 0 Å². The van der Waals surface area contributed by atoms with Crippen molar-refractivity contribution in [2.75, 3.05) is 13.2 Å². The van der Waals surface area contributed by atoms with E-state index in [1.54, 1.807) is 0 Å². The minimum absolute atomic E-state index is 0.000255. The lowest BCUT2D eigenvalue weighted by Gasteiger charge is -2.13. The molecule has 1 amide bonds. The number of nitrogens with one attached hydrogen (secondary N) is 1. The van der Waals surface area contributed by atoms with Crippen molar-refractivity contribution >= 4 is 11.9 Å². The Balaban J connectivity index is 1.91. The van der Waals surface area contributed by atoms with Crippen LogP contribution in [0.3, 0.4) is 0 Å². The van der Waals surface area contributed by atoms with Gasteiger partial charge in [-0.05, 0) is 24.3 Å². The van der Waals surface area contributed by atoms with Gasteiger partial charge in [-0.1, -0.05) is 102 Å². The van der Waals surface area contributed by atoms with Crippen LogP contribution in [0, 0.1) is 0 Å². The van der Waals surface area contributed by atoms with Gasteiger partial charge in [-0.15, -0.1) is 0 Å². The molecule has 0 aliphatic rings. The standard InChI is InChI=1S/C26H43NO3/c1-3-4-5-6-7-8-9-10-11-15-21-30-26(29)20-16-19-25(28)27-22-23(2)24-17-13-12-14-18-24/h12-14,17-18,23H,3-11,15-16,19-22H2,1-2H3,(H,27,28). The highest BCUT2D eigenvalue weighted by Crippen LogP contribution is 2.13. The van der Waals surface area contributed by atoms with Crippen molar-refractivity contribution in [2.24, 2.45) is 0 Å². The smallest absolute Gasteiger partial charge is 0.305 e. The van der Waals surface area contributed by atoms with E-state index < -0.39 is 0 Å². The first-order valence-electron chi connectivity index (χ1n) is 12.1. The number of amides is 1. The summed E-state index contributed by atoms with van der Waals surface area (Å²) in [5.41, 5.74) is 1.22. The molecule has 1 N–H and O–H groups in total. The highest BCUT2D eigenvalue weighted by Gasteiger charge is 2.09. The quantitative estimate of drug-likeness (QED) is 0.218. The molecule has 1 aromatic carbocycles. The fourth-order valence-corrected chi connectivity index (χ4v) is 3.50. The third-order valence-electron chi connectivity index (χ3n) is 5.52. The van der Waals surface area contributed by atoms with E-state index in [0.717, 1.165) is 12.8 Å². The molecule has 0 fully saturated rings. The van der Waals surface area contributed by atoms with Crippen LogP contribution < -0.4 is 5.32 Å². The summed E-state index contributed by atoms with van der Waals surface area (Å²) in [6.45, 7) is 5.47.